The summed E-state index contributed by atoms with van der Waals surface area (Å²) in [6, 6.07) is 8.23. The summed E-state index contributed by atoms with van der Waals surface area (Å²) in [5, 5.41) is 0. The summed E-state index contributed by atoms with van der Waals surface area (Å²) < 4.78 is 10.8. The van der Waals surface area contributed by atoms with Gasteiger partial charge >= 0.3 is 11.9 Å². The van der Waals surface area contributed by atoms with Crippen molar-refractivity contribution in [1.82, 2.24) is 0 Å². The van der Waals surface area contributed by atoms with E-state index in [0.29, 0.717) is 6.42 Å². The SMILES string of the molecule is CCCCCC[C@H]1CC(C(=O)OCC)(C(=O)OCC)C(C)c2ccccc21. The van der Waals surface area contributed by atoms with Gasteiger partial charge in [-0.15, -0.1) is 0 Å². The summed E-state index contributed by atoms with van der Waals surface area (Å²) in [6.07, 6.45) is 6.12. The molecule has 1 aromatic rings. The van der Waals surface area contributed by atoms with Crippen LogP contribution >= 0.6 is 0 Å². The average molecular weight is 375 g/mol. The fourth-order valence-corrected chi connectivity index (χ4v) is 4.42. The van der Waals surface area contributed by atoms with Crippen LogP contribution in [0.2, 0.25) is 0 Å². The second-order valence-electron chi connectivity index (χ2n) is 7.51. The largest absolute Gasteiger partial charge is 0.465 e. The smallest absolute Gasteiger partial charge is 0.324 e. The van der Waals surface area contributed by atoms with Crippen LogP contribution in [0.15, 0.2) is 24.3 Å². The molecule has 2 atom stereocenters. The standard InChI is InChI=1S/C23H34O4/c1-5-8-9-10-13-18-16-23(21(24)26-6-2,22(25)27-7-3)17(4)19-14-11-12-15-20(18)19/h11-12,14-15,17-18H,5-10,13,16H2,1-4H3/t17?,18-/m0/s1. The van der Waals surface area contributed by atoms with Crippen molar-refractivity contribution in [3.8, 4) is 0 Å². The predicted molar refractivity (Wildman–Crippen MR) is 107 cm³/mol. The maximum absolute atomic E-state index is 13.1. The lowest BCUT2D eigenvalue weighted by atomic mass is 9.60. The highest BCUT2D eigenvalue weighted by molar-refractivity contribution is 6.01. The topological polar surface area (TPSA) is 52.6 Å². The Labute approximate surface area is 163 Å². The molecule has 27 heavy (non-hydrogen) atoms. The monoisotopic (exact) mass is 374 g/mol. The van der Waals surface area contributed by atoms with E-state index in [1.807, 2.05) is 25.1 Å². The second kappa shape index (κ2) is 9.91. The summed E-state index contributed by atoms with van der Waals surface area (Å²) in [5.74, 6) is -0.977. The highest BCUT2D eigenvalue weighted by Gasteiger charge is 2.57. The van der Waals surface area contributed by atoms with Crippen LogP contribution < -0.4 is 0 Å². The van der Waals surface area contributed by atoms with Crippen molar-refractivity contribution >= 4 is 11.9 Å². The number of hydrogen-bond acceptors (Lipinski definition) is 4. The number of rotatable bonds is 9. The van der Waals surface area contributed by atoms with Gasteiger partial charge in [-0.3, -0.25) is 9.59 Å². The third-order valence-corrected chi connectivity index (χ3v) is 5.90. The first-order valence-electron chi connectivity index (χ1n) is 10.5. The van der Waals surface area contributed by atoms with Gasteiger partial charge in [-0.25, -0.2) is 0 Å². The molecule has 0 amide bonds. The Morgan fingerprint density at radius 2 is 1.56 bits per heavy atom. The predicted octanol–water partition coefficient (Wildman–Crippen LogP) is 5.36. The molecule has 0 saturated heterocycles. The van der Waals surface area contributed by atoms with Gasteiger partial charge in [-0.2, -0.15) is 0 Å². The van der Waals surface area contributed by atoms with E-state index in [1.54, 1.807) is 13.8 Å². The third kappa shape index (κ3) is 4.36. The zero-order chi connectivity index (χ0) is 19.9. The summed E-state index contributed by atoms with van der Waals surface area (Å²) in [5.41, 5.74) is 1.09. The van der Waals surface area contributed by atoms with Crippen LogP contribution in [0.25, 0.3) is 0 Å². The third-order valence-electron chi connectivity index (χ3n) is 5.90. The summed E-state index contributed by atoms with van der Waals surface area (Å²) in [7, 11) is 0. The first kappa shape index (κ1) is 21.5. The van der Waals surface area contributed by atoms with Gasteiger partial charge in [0.15, 0.2) is 5.41 Å². The van der Waals surface area contributed by atoms with Crippen LogP contribution in [0.5, 0.6) is 0 Å². The Morgan fingerprint density at radius 3 is 2.11 bits per heavy atom. The summed E-state index contributed by atoms with van der Waals surface area (Å²) >= 11 is 0. The molecule has 1 unspecified atom stereocenters. The lowest BCUT2D eigenvalue weighted by molar-refractivity contribution is -0.175. The minimum absolute atomic E-state index is 0.170. The molecular weight excluding hydrogens is 340 g/mol. The Bertz CT molecular complexity index is 619. The molecule has 150 valence electrons. The molecule has 0 fully saturated rings. The van der Waals surface area contributed by atoms with E-state index in [2.05, 4.69) is 13.0 Å². The minimum atomic E-state index is -1.25. The summed E-state index contributed by atoms with van der Waals surface area (Å²) in [4.78, 5) is 26.1. The van der Waals surface area contributed by atoms with Crippen molar-refractivity contribution in [2.75, 3.05) is 13.2 Å². The van der Waals surface area contributed by atoms with E-state index in [1.165, 1.54) is 24.8 Å². The van der Waals surface area contributed by atoms with Crippen LogP contribution in [0.3, 0.4) is 0 Å². The zero-order valence-electron chi connectivity index (χ0n) is 17.3. The van der Waals surface area contributed by atoms with E-state index < -0.39 is 17.4 Å². The Morgan fingerprint density at radius 1 is 0.963 bits per heavy atom. The first-order valence-corrected chi connectivity index (χ1v) is 10.5. The highest BCUT2D eigenvalue weighted by Crippen LogP contribution is 2.53. The lowest BCUT2D eigenvalue weighted by Crippen LogP contribution is -2.49. The van der Waals surface area contributed by atoms with Gasteiger partial charge in [0.05, 0.1) is 13.2 Å². The fraction of sp³-hybridized carbons (Fsp3) is 0.652. The molecule has 0 radical (unpaired) electrons. The minimum Gasteiger partial charge on any atom is -0.465 e. The molecule has 1 aromatic carbocycles. The molecule has 0 bridgehead atoms. The van der Waals surface area contributed by atoms with Gasteiger partial charge in [0.25, 0.3) is 0 Å². The van der Waals surface area contributed by atoms with Gasteiger partial charge in [-0.05, 0) is 43.7 Å². The van der Waals surface area contributed by atoms with Gasteiger partial charge in [0, 0.05) is 5.92 Å². The average Bonchev–Trinajstić information content (AvgIpc) is 2.67. The van der Waals surface area contributed by atoms with Gasteiger partial charge in [0.2, 0.25) is 0 Å². The van der Waals surface area contributed by atoms with Crippen molar-refractivity contribution in [2.24, 2.45) is 5.41 Å². The van der Waals surface area contributed by atoms with Crippen molar-refractivity contribution < 1.29 is 19.1 Å². The van der Waals surface area contributed by atoms with E-state index in [4.69, 9.17) is 9.47 Å². The molecular formula is C23H34O4. The van der Waals surface area contributed by atoms with Crippen molar-refractivity contribution in [2.45, 2.75) is 78.1 Å². The Kier molecular flexibility index (Phi) is 7.88. The molecule has 0 saturated carbocycles. The molecule has 0 spiro atoms. The molecule has 1 aliphatic carbocycles. The number of esters is 2. The molecule has 0 aliphatic heterocycles. The van der Waals surface area contributed by atoms with E-state index in [-0.39, 0.29) is 25.0 Å². The van der Waals surface area contributed by atoms with Gasteiger partial charge < -0.3 is 9.47 Å². The van der Waals surface area contributed by atoms with Crippen molar-refractivity contribution in [1.29, 1.82) is 0 Å². The number of carbonyl (C=O) groups excluding carboxylic acids is 2. The maximum atomic E-state index is 13.1. The van der Waals surface area contributed by atoms with Crippen LogP contribution in [-0.4, -0.2) is 25.2 Å². The Balaban J connectivity index is 2.44. The number of hydrogen-bond donors (Lipinski definition) is 0. The van der Waals surface area contributed by atoms with Crippen molar-refractivity contribution in [3.63, 3.8) is 0 Å². The quantitative estimate of drug-likeness (QED) is 0.332. The number of carbonyl (C=O) groups is 2. The molecule has 1 aliphatic rings. The Hall–Kier alpha value is -1.84. The maximum Gasteiger partial charge on any atom is 0.324 e. The van der Waals surface area contributed by atoms with Crippen LogP contribution in [0, 0.1) is 5.41 Å². The molecule has 2 rings (SSSR count). The number of unbranched alkanes of at least 4 members (excludes halogenated alkanes) is 3. The highest BCUT2D eigenvalue weighted by atomic mass is 16.6. The number of fused-ring (bicyclic) bond motifs is 1. The van der Waals surface area contributed by atoms with E-state index >= 15 is 0 Å². The fourth-order valence-electron chi connectivity index (χ4n) is 4.42. The molecule has 0 heterocycles. The summed E-state index contributed by atoms with van der Waals surface area (Å²) in [6.45, 7) is 8.23. The van der Waals surface area contributed by atoms with Crippen LogP contribution in [-0.2, 0) is 19.1 Å². The first-order chi connectivity index (χ1) is 13.0. The lowest BCUT2D eigenvalue weighted by Gasteiger charge is -2.43. The van der Waals surface area contributed by atoms with Gasteiger partial charge in [0.1, 0.15) is 0 Å². The molecule has 0 aromatic heterocycles. The van der Waals surface area contributed by atoms with E-state index in [9.17, 15) is 9.59 Å². The molecule has 0 N–H and O–H groups in total. The number of benzene rings is 1. The van der Waals surface area contributed by atoms with E-state index in [0.717, 1.165) is 18.4 Å². The van der Waals surface area contributed by atoms with Crippen molar-refractivity contribution in [3.05, 3.63) is 35.4 Å². The van der Waals surface area contributed by atoms with Crippen LogP contribution in [0.1, 0.15) is 89.2 Å². The molecule has 4 heteroatoms. The van der Waals surface area contributed by atoms with Gasteiger partial charge in [-0.1, -0.05) is 63.8 Å². The molecule has 4 nitrogen and oxygen atoms in total. The second-order valence-corrected chi connectivity index (χ2v) is 7.51. The normalized spacial score (nSPS) is 20.6. The van der Waals surface area contributed by atoms with Crippen LogP contribution in [0.4, 0.5) is 0 Å². The zero-order valence-corrected chi connectivity index (χ0v) is 17.3. The number of ether oxygens (including phenoxy) is 2.